The number of allylic oxidation sites excluding steroid dienone is 4. The van der Waals surface area contributed by atoms with Crippen LogP contribution in [0.1, 0.15) is 44.5 Å². The lowest BCUT2D eigenvalue weighted by molar-refractivity contribution is 1.57. The summed E-state index contributed by atoms with van der Waals surface area (Å²) in [4.78, 5) is 21.6. The third-order valence-electron chi connectivity index (χ3n) is 11.8. The molecular weight excluding hydrogens is 681 g/mol. The molecule has 8 bridgehead atoms. The van der Waals surface area contributed by atoms with Gasteiger partial charge in [-0.25, -0.2) is 20.0 Å². The maximum Gasteiger partial charge on any atom is 0.0738 e. The average Bonchev–Trinajstić information content (AvgIpc) is 3.95. The van der Waals surface area contributed by atoms with Gasteiger partial charge in [-0.05, 0) is 116 Å². The Morgan fingerprint density at radius 1 is 0.214 bits per heavy atom. The molecule has 0 unspecified atom stereocenters. The monoisotopic (exact) mass is 708 g/mol. The van der Waals surface area contributed by atoms with E-state index < -0.39 is 0 Å². The van der Waals surface area contributed by atoms with Crippen LogP contribution in [-0.4, -0.2) is 22.8 Å². The van der Waals surface area contributed by atoms with Crippen LogP contribution in [0.15, 0.2) is 190 Å². The summed E-state index contributed by atoms with van der Waals surface area (Å²) in [7, 11) is 0. The topological polar surface area (TPSA) is 49.4 Å². The van der Waals surface area contributed by atoms with Crippen molar-refractivity contribution in [1.29, 1.82) is 0 Å². The first-order chi connectivity index (χ1) is 27.7. The molecule has 56 heavy (non-hydrogen) atoms. The molecule has 0 amide bonds. The summed E-state index contributed by atoms with van der Waals surface area (Å²) < 4.78 is 0. The molecule has 8 aromatic rings. The van der Waals surface area contributed by atoms with Crippen molar-refractivity contribution >= 4 is 88.7 Å². The highest BCUT2D eigenvalue weighted by molar-refractivity contribution is 6.31. The van der Waals surface area contributed by atoms with Crippen LogP contribution in [0.3, 0.4) is 0 Å². The number of rotatable bonds is 0. The molecule has 4 nitrogen and oxygen atoms in total. The molecule has 0 saturated carbocycles. The predicted octanol–water partition coefficient (Wildman–Crippen LogP) is 12.0. The molecule has 0 aliphatic carbocycles. The maximum atomic E-state index is 5.41. The number of fused-ring (bicyclic) bond motifs is 20. The van der Waals surface area contributed by atoms with E-state index in [1.165, 1.54) is 43.1 Å². The number of hydrogen-bond acceptors (Lipinski definition) is 4. The molecule has 8 aromatic carbocycles. The van der Waals surface area contributed by atoms with Crippen molar-refractivity contribution < 1.29 is 0 Å². The largest absolute Gasteiger partial charge is 0.248 e. The lowest BCUT2D eigenvalue weighted by Crippen LogP contribution is -1.97. The van der Waals surface area contributed by atoms with Crippen LogP contribution in [0.5, 0.6) is 0 Å². The Morgan fingerprint density at radius 3 is 0.589 bits per heavy atom. The minimum Gasteiger partial charge on any atom is -0.248 e. The molecule has 0 aromatic heterocycles. The molecule has 0 fully saturated rings. The van der Waals surface area contributed by atoms with Gasteiger partial charge in [0, 0.05) is 44.5 Å². The molecule has 0 saturated heterocycles. The second-order valence-electron chi connectivity index (χ2n) is 15.1. The summed E-state index contributed by atoms with van der Waals surface area (Å²) in [5.74, 6) is 0. The number of nitrogens with zero attached hydrogens (tertiary/aromatic N) is 4. The molecule has 5 aliphatic heterocycles. The van der Waals surface area contributed by atoms with E-state index in [9.17, 15) is 0 Å². The SMILES string of the molecule is C1=C2N=C(C=C3N=C(C=C4N=C(C=C5N=C1c1cc6ccccc6cc15)c1cc5ccccc5cc14)c1cc4ccccc4cc13)c1cc3ccccc3cc12. The third kappa shape index (κ3) is 4.35. The molecular formula is C52H28N4. The van der Waals surface area contributed by atoms with Gasteiger partial charge in [0.15, 0.2) is 0 Å². The summed E-state index contributed by atoms with van der Waals surface area (Å²) in [6, 6.07) is 52.4. The zero-order valence-electron chi connectivity index (χ0n) is 30.0. The van der Waals surface area contributed by atoms with Gasteiger partial charge in [-0.3, -0.25) is 0 Å². The zero-order chi connectivity index (χ0) is 36.5. The van der Waals surface area contributed by atoms with Crippen molar-refractivity contribution in [3.63, 3.8) is 0 Å². The van der Waals surface area contributed by atoms with Crippen molar-refractivity contribution in [2.75, 3.05) is 0 Å². The molecule has 256 valence electrons. The van der Waals surface area contributed by atoms with Crippen LogP contribution in [0.4, 0.5) is 0 Å². The molecule has 0 N–H and O–H groups in total. The zero-order valence-corrected chi connectivity index (χ0v) is 30.0. The highest BCUT2D eigenvalue weighted by atomic mass is 14.9. The van der Waals surface area contributed by atoms with Crippen LogP contribution in [0.2, 0.25) is 0 Å². The minimum absolute atomic E-state index is 0.891. The van der Waals surface area contributed by atoms with Crippen LogP contribution >= 0.6 is 0 Å². The van der Waals surface area contributed by atoms with Crippen molar-refractivity contribution in [3.05, 3.63) is 214 Å². The Morgan fingerprint density at radius 2 is 0.393 bits per heavy atom. The van der Waals surface area contributed by atoms with E-state index in [2.05, 4.69) is 170 Å². The summed E-state index contributed by atoms with van der Waals surface area (Å²) in [5, 5.41) is 9.42. The summed E-state index contributed by atoms with van der Waals surface area (Å²) in [6.07, 6.45) is 8.70. The fraction of sp³-hybridized carbons (Fsp3) is 0. The molecule has 0 atom stereocenters. The highest BCUT2D eigenvalue weighted by Crippen LogP contribution is 2.42. The van der Waals surface area contributed by atoms with E-state index in [1.807, 2.05) is 0 Å². The number of benzene rings is 8. The first-order valence-electron chi connectivity index (χ1n) is 19.0. The lowest BCUT2D eigenvalue weighted by atomic mass is 9.94. The van der Waals surface area contributed by atoms with Crippen LogP contribution in [0, 0.1) is 0 Å². The molecule has 13 rings (SSSR count). The highest BCUT2D eigenvalue weighted by Gasteiger charge is 2.30. The van der Waals surface area contributed by atoms with Gasteiger partial charge < -0.3 is 0 Å². The van der Waals surface area contributed by atoms with Crippen LogP contribution < -0.4 is 0 Å². The van der Waals surface area contributed by atoms with E-state index in [-0.39, 0.29) is 0 Å². The van der Waals surface area contributed by atoms with Crippen molar-refractivity contribution in [1.82, 2.24) is 0 Å². The van der Waals surface area contributed by atoms with E-state index in [4.69, 9.17) is 20.0 Å². The average molecular weight is 709 g/mol. The summed E-state index contributed by atoms with van der Waals surface area (Å²) in [5.41, 5.74) is 15.9. The standard InChI is InChI=1S/C52H28N4/c1-2-10-30-18-38-37(17-29(30)9-1)45-25-47-39-19-31-11-3-4-12-32(31)20-40(39)49(54-47)27-51-43-23-35-15-7-8-16-36(35)24-44(43)52(56-51)28-50-42-22-34-14-6-5-13-33(34)21-41(42)48(55-50)26-46(38)53-45/h1-28H. The van der Waals surface area contributed by atoms with Gasteiger partial charge in [0.2, 0.25) is 0 Å². The Labute approximate surface area is 322 Å². The predicted molar refractivity (Wildman–Crippen MR) is 234 cm³/mol. The molecule has 5 aliphatic rings. The van der Waals surface area contributed by atoms with Gasteiger partial charge in [0.05, 0.1) is 45.6 Å². The smallest absolute Gasteiger partial charge is 0.0738 e. The normalized spacial score (nSPS) is 16.0. The molecule has 0 radical (unpaired) electrons. The van der Waals surface area contributed by atoms with E-state index >= 15 is 0 Å². The lowest BCUT2D eigenvalue weighted by Gasteiger charge is -2.07. The quantitative estimate of drug-likeness (QED) is 0.151. The van der Waals surface area contributed by atoms with E-state index in [0.29, 0.717) is 0 Å². The van der Waals surface area contributed by atoms with E-state index in [0.717, 1.165) is 90.1 Å². The molecule has 0 spiro atoms. The van der Waals surface area contributed by atoms with Crippen LogP contribution in [0.25, 0.3) is 65.9 Å². The van der Waals surface area contributed by atoms with Crippen molar-refractivity contribution in [2.24, 2.45) is 20.0 Å². The summed E-state index contributed by atoms with van der Waals surface area (Å²) in [6.45, 7) is 0. The van der Waals surface area contributed by atoms with Crippen LogP contribution in [-0.2, 0) is 0 Å². The van der Waals surface area contributed by atoms with Crippen molar-refractivity contribution in [2.45, 2.75) is 0 Å². The fourth-order valence-corrected chi connectivity index (χ4v) is 9.06. The second kappa shape index (κ2) is 11.0. The Balaban J connectivity index is 1.13. The Hall–Kier alpha value is -7.56. The first kappa shape index (κ1) is 29.8. The number of hydrogen-bond donors (Lipinski definition) is 0. The van der Waals surface area contributed by atoms with Gasteiger partial charge in [-0.15, -0.1) is 0 Å². The van der Waals surface area contributed by atoms with Gasteiger partial charge in [-0.2, -0.15) is 0 Å². The third-order valence-corrected chi connectivity index (χ3v) is 11.8. The number of aliphatic imine (C=N–C) groups is 4. The molecule has 4 heteroatoms. The van der Waals surface area contributed by atoms with E-state index in [1.54, 1.807) is 0 Å². The van der Waals surface area contributed by atoms with Gasteiger partial charge in [-0.1, -0.05) is 97.1 Å². The minimum atomic E-state index is 0.891. The molecule has 5 heterocycles. The maximum absolute atomic E-state index is 5.41. The summed E-state index contributed by atoms with van der Waals surface area (Å²) >= 11 is 0. The van der Waals surface area contributed by atoms with Gasteiger partial charge in [0.1, 0.15) is 0 Å². The fourth-order valence-electron chi connectivity index (χ4n) is 9.06. The first-order valence-corrected chi connectivity index (χ1v) is 19.0. The van der Waals surface area contributed by atoms with Gasteiger partial charge in [0.25, 0.3) is 0 Å². The van der Waals surface area contributed by atoms with Gasteiger partial charge >= 0.3 is 0 Å². The Bertz CT molecular complexity index is 2980. The Kier molecular flexibility index (Phi) is 5.86. The second-order valence-corrected chi connectivity index (χ2v) is 15.1. The van der Waals surface area contributed by atoms with Crippen molar-refractivity contribution in [3.8, 4) is 0 Å².